The van der Waals surface area contributed by atoms with Gasteiger partial charge in [0.1, 0.15) is 0 Å². The molecule has 0 nitrogen and oxygen atoms in total. The quantitative estimate of drug-likeness (QED) is 0.323. The summed E-state index contributed by atoms with van der Waals surface area (Å²) in [4.78, 5) is 0. The van der Waals surface area contributed by atoms with Gasteiger partial charge in [-0.3, -0.25) is 0 Å². The maximum atomic E-state index is 3.95. The van der Waals surface area contributed by atoms with Gasteiger partial charge in [-0.1, -0.05) is 48.6 Å². The molecule has 1 aromatic rings. The van der Waals surface area contributed by atoms with Crippen molar-refractivity contribution >= 4 is 11.1 Å². The third-order valence-electron chi connectivity index (χ3n) is 10.6. The lowest BCUT2D eigenvalue weighted by Gasteiger charge is -2.35. The number of hydrogen-bond donors (Lipinski definition) is 0. The monoisotopic (exact) mass is 482 g/mol. The molecular weight excluding hydrogens is 432 g/mol. The molecule has 0 amide bonds. The van der Waals surface area contributed by atoms with E-state index in [1.54, 1.807) is 11.1 Å². The van der Waals surface area contributed by atoms with Gasteiger partial charge < -0.3 is 0 Å². The van der Waals surface area contributed by atoms with Crippen molar-refractivity contribution in [2.75, 3.05) is 0 Å². The molecule has 0 bridgehead atoms. The van der Waals surface area contributed by atoms with Gasteiger partial charge in [-0.2, -0.15) is 0 Å². The van der Waals surface area contributed by atoms with E-state index >= 15 is 0 Å². The van der Waals surface area contributed by atoms with Crippen LogP contribution in [0.5, 0.6) is 0 Å². The van der Waals surface area contributed by atoms with E-state index < -0.39 is 0 Å². The van der Waals surface area contributed by atoms with Crippen LogP contribution in [0.3, 0.4) is 0 Å². The van der Waals surface area contributed by atoms with Crippen LogP contribution in [0.2, 0.25) is 0 Å². The van der Waals surface area contributed by atoms with E-state index in [0.717, 1.165) is 35.5 Å². The Kier molecular flexibility index (Phi) is 9.05. The summed E-state index contributed by atoms with van der Waals surface area (Å²) in [5, 5.41) is 0. The average molecular weight is 483 g/mol. The molecule has 2 saturated carbocycles. The molecule has 0 aromatic heterocycles. The van der Waals surface area contributed by atoms with Crippen LogP contribution in [0.25, 0.3) is 11.1 Å². The Hall–Kier alpha value is -1.82. The lowest BCUT2D eigenvalue weighted by atomic mass is 9.70. The Morgan fingerprint density at radius 2 is 0.917 bits per heavy atom. The van der Waals surface area contributed by atoms with E-state index in [4.69, 9.17) is 0 Å². The molecule has 0 spiro atoms. The fraction of sp³-hybridized carbons (Fsp3) is 0.611. The third-order valence-corrected chi connectivity index (χ3v) is 10.6. The molecular formula is C36H50. The van der Waals surface area contributed by atoms with Gasteiger partial charge in [-0.05, 0) is 161 Å². The van der Waals surface area contributed by atoms with Gasteiger partial charge in [0, 0.05) is 0 Å². The highest BCUT2D eigenvalue weighted by molar-refractivity contribution is 5.71. The maximum absolute atomic E-state index is 3.95. The lowest BCUT2D eigenvalue weighted by Crippen LogP contribution is -2.23. The summed E-state index contributed by atoms with van der Waals surface area (Å²) < 4.78 is 0. The fourth-order valence-electron chi connectivity index (χ4n) is 8.25. The average Bonchev–Trinajstić information content (AvgIpc) is 2.95. The van der Waals surface area contributed by atoms with Crippen molar-refractivity contribution in [2.45, 2.75) is 103 Å². The first-order chi connectivity index (χ1) is 17.7. The summed E-state index contributed by atoms with van der Waals surface area (Å²) in [6.45, 7) is 7.89. The van der Waals surface area contributed by atoms with Crippen LogP contribution in [-0.4, -0.2) is 0 Å². The molecule has 0 N–H and O–H groups in total. The Balaban J connectivity index is 1.11. The SMILES string of the molecule is C=CC[C@H]1CC[C@H](C2CC=C(c3ccc(C4=CCC([C@H]5CC[C@H](CC=C)CC5)CC4)cc3)CC2)CC1. The smallest absolute Gasteiger partial charge is 0.0227 e. The molecule has 0 saturated heterocycles. The predicted molar refractivity (Wildman–Crippen MR) is 158 cm³/mol. The van der Waals surface area contributed by atoms with E-state index in [2.05, 4.69) is 61.7 Å². The fourth-order valence-corrected chi connectivity index (χ4v) is 8.25. The van der Waals surface area contributed by atoms with Crippen LogP contribution in [0.4, 0.5) is 0 Å². The minimum atomic E-state index is 0.916. The van der Waals surface area contributed by atoms with Crippen molar-refractivity contribution in [3.63, 3.8) is 0 Å². The topological polar surface area (TPSA) is 0 Å². The molecule has 2 fully saturated rings. The standard InChI is InChI=1S/C36H50/c1-3-5-27-7-11-29(12-8-27)31-15-19-33(20-16-31)35-23-25-36(26-24-35)34-21-17-32(18-22-34)30-13-9-28(6-4-2)10-14-30/h3-4,19,21,23-32H,1-2,5-18,20,22H2/t27-,28-,29-,30-,31?,32?. The summed E-state index contributed by atoms with van der Waals surface area (Å²) in [7, 11) is 0. The van der Waals surface area contributed by atoms with E-state index in [9.17, 15) is 0 Å². The van der Waals surface area contributed by atoms with Crippen LogP contribution in [-0.2, 0) is 0 Å². The number of rotatable bonds is 8. The van der Waals surface area contributed by atoms with Crippen LogP contribution >= 0.6 is 0 Å². The maximum Gasteiger partial charge on any atom is -0.0227 e. The van der Waals surface area contributed by atoms with E-state index in [0.29, 0.717) is 0 Å². The van der Waals surface area contributed by atoms with Crippen molar-refractivity contribution in [3.05, 3.63) is 72.9 Å². The molecule has 5 rings (SSSR count). The number of allylic oxidation sites excluding steroid dienone is 6. The minimum Gasteiger partial charge on any atom is -0.103 e. The van der Waals surface area contributed by atoms with Crippen LogP contribution in [0.15, 0.2) is 61.7 Å². The highest BCUT2D eigenvalue weighted by Gasteiger charge is 2.30. The molecule has 0 radical (unpaired) electrons. The van der Waals surface area contributed by atoms with E-state index in [-0.39, 0.29) is 0 Å². The Bertz CT molecular complexity index is 834. The first-order valence-electron chi connectivity index (χ1n) is 15.4. The Morgan fingerprint density at radius 3 is 1.22 bits per heavy atom. The molecule has 1 aromatic carbocycles. The lowest BCUT2D eigenvalue weighted by molar-refractivity contribution is 0.195. The van der Waals surface area contributed by atoms with Crippen molar-refractivity contribution < 1.29 is 0 Å². The first-order valence-corrected chi connectivity index (χ1v) is 15.4. The van der Waals surface area contributed by atoms with Gasteiger partial charge in [0.05, 0.1) is 0 Å². The Morgan fingerprint density at radius 1 is 0.528 bits per heavy atom. The molecule has 0 heteroatoms. The predicted octanol–water partition coefficient (Wildman–Crippen LogP) is 10.8. The summed E-state index contributed by atoms with van der Waals surface area (Å²) in [6.07, 6.45) is 31.4. The molecule has 4 aliphatic rings. The minimum absolute atomic E-state index is 0.916. The van der Waals surface area contributed by atoms with Gasteiger partial charge in [-0.15, -0.1) is 13.2 Å². The third kappa shape index (κ3) is 6.35. The summed E-state index contributed by atoms with van der Waals surface area (Å²) in [5.74, 6) is 5.62. The molecule has 0 heterocycles. The van der Waals surface area contributed by atoms with E-state index in [1.165, 1.54) is 114 Å². The van der Waals surface area contributed by atoms with Crippen LogP contribution in [0, 0.1) is 35.5 Å². The van der Waals surface area contributed by atoms with Crippen molar-refractivity contribution in [1.29, 1.82) is 0 Å². The molecule has 2 unspecified atom stereocenters. The summed E-state index contributed by atoms with van der Waals surface area (Å²) >= 11 is 0. The van der Waals surface area contributed by atoms with Crippen LogP contribution < -0.4 is 0 Å². The van der Waals surface area contributed by atoms with Gasteiger partial charge >= 0.3 is 0 Å². The molecule has 0 aliphatic heterocycles. The summed E-state index contributed by atoms with van der Waals surface area (Å²) in [6, 6.07) is 9.65. The number of hydrogen-bond acceptors (Lipinski definition) is 0. The first kappa shape index (κ1) is 25.8. The van der Waals surface area contributed by atoms with Crippen molar-refractivity contribution in [3.8, 4) is 0 Å². The summed E-state index contributed by atoms with van der Waals surface area (Å²) in [5.41, 5.74) is 6.14. The van der Waals surface area contributed by atoms with E-state index in [1.807, 2.05) is 0 Å². The second-order valence-electron chi connectivity index (χ2n) is 12.7. The second kappa shape index (κ2) is 12.6. The van der Waals surface area contributed by atoms with Crippen LogP contribution in [0.1, 0.15) is 114 Å². The zero-order valence-electron chi connectivity index (χ0n) is 22.8. The molecule has 194 valence electrons. The van der Waals surface area contributed by atoms with Gasteiger partial charge in [0.15, 0.2) is 0 Å². The van der Waals surface area contributed by atoms with Gasteiger partial charge in [0.25, 0.3) is 0 Å². The Labute approximate surface area is 222 Å². The zero-order valence-corrected chi connectivity index (χ0v) is 22.8. The largest absolute Gasteiger partial charge is 0.103 e. The van der Waals surface area contributed by atoms with Crippen molar-refractivity contribution in [1.82, 2.24) is 0 Å². The highest BCUT2D eigenvalue weighted by Crippen LogP contribution is 2.43. The zero-order chi connectivity index (χ0) is 24.7. The molecule has 4 aliphatic carbocycles. The number of benzene rings is 1. The van der Waals surface area contributed by atoms with Gasteiger partial charge in [-0.25, -0.2) is 0 Å². The van der Waals surface area contributed by atoms with Crippen molar-refractivity contribution in [2.24, 2.45) is 35.5 Å². The second-order valence-corrected chi connectivity index (χ2v) is 12.7. The normalized spacial score (nSPS) is 33.3. The molecule has 2 atom stereocenters. The van der Waals surface area contributed by atoms with Gasteiger partial charge in [0.2, 0.25) is 0 Å². The highest BCUT2D eigenvalue weighted by atomic mass is 14.3. The molecule has 36 heavy (non-hydrogen) atoms.